The Labute approximate surface area is 192 Å². The van der Waals surface area contributed by atoms with Gasteiger partial charge in [-0.25, -0.2) is 9.78 Å². The smallest absolute Gasteiger partial charge is 0.343 e. The standard InChI is InChI=1S/C24H16ClN3O5/c25-16-10-11-20(26-13-16)27-23(31)18-3-1-5-19(29)21(18)28-22(30)15-8-6-14(7-9-15)17-4-2-12-33-24(17)32/h1-13,29H,(H,28,30)(H,26,27,31). The lowest BCUT2D eigenvalue weighted by molar-refractivity contribution is 0.102. The van der Waals surface area contributed by atoms with Gasteiger partial charge in [0.25, 0.3) is 11.8 Å². The molecule has 4 rings (SSSR count). The highest BCUT2D eigenvalue weighted by Gasteiger charge is 2.18. The van der Waals surface area contributed by atoms with Gasteiger partial charge >= 0.3 is 5.63 Å². The average molecular weight is 462 g/mol. The van der Waals surface area contributed by atoms with Gasteiger partial charge in [-0.2, -0.15) is 0 Å². The molecule has 0 radical (unpaired) electrons. The van der Waals surface area contributed by atoms with Crippen molar-refractivity contribution in [2.24, 2.45) is 0 Å². The molecule has 0 bridgehead atoms. The van der Waals surface area contributed by atoms with Crippen LogP contribution >= 0.6 is 11.6 Å². The molecule has 0 aliphatic rings. The predicted molar refractivity (Wildman–Crippen MR) is 124 cm³/mol. The molecular formula is C24H16ClN3O5. The molecule has 2 aromatic heterocycles. The number of rotatable bonds is 5. The van der Waals surface area contributed by atoms with Crippen molar-refractivity contribution in [3.63, 3.8) is 0 Å². The molecule has 0 saturated heterocycles. The first kappa shape index (κ1) is 21.8. The van der Waals surface area contributed by atoms with E-state index in [4.69, 9.17) is 16.0 Å². The van der Waals surface area contributed by atoms with Crippen LogP contribution < -0.4 is 16.3 Å². The zero-order valence-electron chi connectivity index (χ0n) is 16.9. The number of aromatic nitrogens is 1. The van der Waals surface area contributed by atoms with Crippen molar-refractivity contribution in [2.45, 2.75) is 0 Å². The van der Waals surface area contributed by atoms with E-state index in [1.807, 2.05) is 0 Å². The largest absolute Gasteiger partial charge is 0.506 e. The summed E-state index contributed by atoms with van der Waals surface area (Å²) in [6.45, 7) is 0. The number of hydrogen-bond acceptors (Lipinski definition) is 6. The van der Waals surface area contributed by atoms with Gasteiger partial charge in [-0.3, -0.25) is 9.59 Å². The fourth-order valence-electron chi connectivity index (χ4n) is 3.06. The van der Waals surface area contributed by atoms with E-state index in [2.05, 4.69) is 15.6 Å². The Morgan fingerprint density at radius 3 is 2.39 bits per heavy atom. The number of carbonyl (C=O) groups excluding carboxylic acids is 2. The lowest BCUT2D eigenvalue weighted by Crippen LogP contribution is -2.18. The highest BCUT2D eigenvalue weighted by atomic mass is 35.5. The maximum absolute atomic E-state index is 12.8. The molecule has 0 atom stereocenters. The third-order valence-corrected chi connectivity index (χ3v) is 4.91. The molecule has 0 saturated carbocycles. The third kappa shape index (κ3) is 4.91. The molecule has 0 aliphatic carbocycles. The first-order valence-electron chi connectivity index (χ1n) is 9.67. The van der Waals surface area contributed by atoms with E-state index in [0.29, 0.717) is 16.1 Å². The van der Waals surface area contributed by atoms with Crippen molar-refractivity contribution in [3.8, 4) is 16.9 Å². The number of nitrogens with one attached hydrogen (secondary N) is 2. The number of phenolic OH excluding ortho intramolecular Hbond substituents is 1. The van der Waals surface area contributed by atoms with Crippen molar-refractivity contribution < 1.29 is 19.1 Å². The molecule has 3 N–H and O–H groups in total. The summed E-state index contributed by atoms with van der Waals surface area (Å²) in [6, 6.07) is 16.8. The van der Waals surface area contributed by atoms with Gasteiger partial charge in [-0.15, -0.1) is 0 Å². The number of aromatic hydroxyl groups is 1. The minimum Gasteiger partial charge on any atom is -0.506 e. The van der Waals surface area contributed by atoms with E-state index in [0.717, 1.165) is 0 Å². The van der Waals surface area contributed by atoms with Crippen molar-refractivity contribution in [1.29, 1.82) is 0 Å². The second kappa shape index (κ2) is 9.37. The Hall–Kier alpha value is -4.43. The Morgan fingerprint density at radius 2 is 1.70 bits per heavy atom. The summed E-state index contributed by atoms with van der Waals surface area (Å²) in [5.74, 6) is -1.16. The van der Waals surface area contributed by atoms with E-state index in [-0.39, 0.29) is 28.4 Å². The lowest BCUT2D eigenvalue weighted by Gasteiger charge is -2.13. The number of halogens is 1. The molecule has 33 heavy (non-hydrogen) atoms. The van der Waals surface area contributed by atoms with E-state index in [1.54, 1.807) is 30.3 Å². The van der Waals surface area contributed by atoms with Crippen LogP contribution in [0.5, 0.6) is 5.75 Å². The van der Waals surface area contributed by atoms with Crippen molar-refractivity contribution in [2.75, 3.05) is 10.6 Å². The number of carbonyl (C=O) groups is 2. The molecule has 0 spiro atoms. The van der Waals surface area contributed by atoms with Crippen molar-refractivity contribution in [1.82, 2.24) is 4.98 Å². The highest BCUT2D eigenvalue weighted by Crippen LogP contribution is 2.29. The fourth-order valence-corrected chi connectivity index (χ4v) is 3.17. The third-order valence-electron chi connectivity index (χ3n) is 4.69. The monoisotopic (exact) mass is 461 g/mol. The Morgan fingerprint density at radius 1 is 0.909 bits per heavy atom. The summed E-state index contributed by atoms with van der Waals surface area (Å²) >= 11 is 5.80. The van der Waals surface area contributed by atoms with Crippen LogP contribution in [0.1, 0.15) is 20.7 Å². The average Bonchev–Trinajstić information content (AvgIpc) is 2.82. The summed E-state index contributed by atoms with van der Waals surface area (Å²) < 4.78 is 4.86. The second-order valence-electron chi connectivity index (χ2n) is 6.86. The minimum absolute atomic E-state index is 0.0404. The van der Waals surface area contributed by atoms with Gasteiger partial charge in [-0.05, 0) is 54.1 Å². The SMILES string of the molecule is O=C(Nc1c(O)cccc1C(=O)Nc1ccc(Cl)cn1)c1ccc(-c2cccoc2=O)cc1. The molecule has 0 aliphatic heterocycles. The summed E-state index contributed by atoms with van der Waals surface area (Å²) in [5.41, 5.74) is 0.696. The van der Waals surface area contributed by atoms with Crippen LogP contribution in [0.3, 0.4) is 0 Å². The van der Waals surface area contributed by atoms with Crippen LogP contribution in [0.25, 0.3) is 11.1 Å². The van der Waals surface area contributed by atoms with Crippen LogP contribution in [0.15, 0.2) is 88.4 Å². The van der Waals surface area contributed by atoms with Crippen molar-refractivity contribution >= 4 is 34.9 Å². The van der Waals surface area contributed by atoms with Crippen LogP contribution in [0.2, 0.25) is 5.02 Å². The number of para-hydroxylation sites is 1. The maximum atomic E-state index is 12.8. The molecule has 0 unspecified atom stereocenters. The molecule has 0 fully saturated rings. The van der Waals surface area contributed by atoms with E-state index in [9.17, 15) is 19.5 Å². The van der Waals surface area contributed by atoms with Crippen LogP contribution in [-0.4, -0.2) is 21.9 Å². The Bertz CT molecular complexity index is 1380. The molecule has 2 amide bonds. The lowest BCUT2D eigenvalue weighted by atomic mass is 10.1. The maximum Gasteiger partial charge on any atom is 0.343 e. The zero-order valence-corrected chi connectivity index (χ0v) is 17.7. The number of phenols is 1. The van der Waals surface area contributed by atoms with Gasteiger partial charge in [0.15, 0.2) is 0 Å². The molecule has 2 aromatic carbocycles. The quantitative estimate of drug-likeness (QED) is 0.374. The highest BCUT2D eigenvalue weighted by molar-refractivity contribution is 6.30. The summed E-state index contributed by atoms with van der Waals surface area (Å²) in [4.78, 5) is 41.4. The van der Waals surface area contributed by atoms with E-state index >= 15 is 0 Å². The van der Waals surface area contributed by atoms with Gasteiger partial charge in [-0.1, -0.05) is 29.8 Å². The summed E-state index contributed by atoms with van der Waals surface area (Å²) in [6.07, 6.45) is 2.67. The van der Waals surface area contributed by atoms with Crippen LogP contribution in [0, 0.1) is 0 Å². The molecular weight excluding hydrogens is 446 g/mol. The fraction of sp³-hybridized carbons (Fsp3) is 0. The van der Waals surface area contributed by atoms with Gasteiger partial charge in [0.2, 0.25) is 0 Å². The molecule has 4 aromatic rings. The zero-order chi connectivity index (χ0) is 23.4. The molecule has 2 heterocycles. The number of hydrogen-bond donors (Lipinski definition) is 3. The first-order valence-corrected chi connectivity index (χ1v) is 10.0. The van der Waals surface area contributed by atoms with Crippen LogP contribution in [-0.2, 0) is 0 Å². The van der Waals surface area contributed by atoms with Gasteiger partial charge < -0.3 is 20.2 Å². The van der Waals surface area contributed by atoms with E-state index < -0.39 is 17.4 Å². The Kier molecular flexibility index (Phi) is 6.19. The normalized spacial score (nSPS) is 10.5. The molecule has 9 heteroatoms. The number of anilines is 2. The summed E-state index contributed by atoms with van der Waals surface area (Å²) in [7, 11) is 0. The number of benzene rings is 2. The van der Waals surface area contributed by atoms with E-state index in [1.165, 1.54) is 48.9 Å². The number of amides is 2. The molecule has 164 valence electrons. The predicted octanol–water partition coefficient (Wildman–Crippen LogP) is 4.57. The molecule has 8 nitrogen and oxygen atoms in total. The topological polar surface area (TPSA) is 122 Å². The number of pyridine rings is 1. The van der Waals surface area contributed by atoms with Crippen LogP contribution in [0.4, 0.5) is 11.5 Å². The van der Waals surface area contributed by atoms with Gasteiger partial charge in [0.1, 0.15) is 11.6 Å². The second-order valence-corrected chi connectivity index (χ2v) is 7.30. The summed E-state index contributed by atoms with van der Waals surface area (Å²) in [5, 5.41) is 15.9. The van der Waals surface area contributed by atoms with Crippen molar-refractivity contribution in [3.05, 3.63) is 106 Å². The Balaban J connectivity index is 1.56. The van der Waals surface area contributed by atoms with Gasteiger partial charge in [0.05, 0.1) is 28.1 Å². The first-order chi connectivity index (χ1) is 15.9. The number of nitrogens with zero attached hydrogens (tertiary/aromatic N) is 1. The van der Waals surface area contributed by atoms with Gasteiger partial charge in [0, 0.05) is 11.8 Å². The minimum atomic E-state index is -0.581.